The molecule has 7 nitrogen and oxygen atoms in total. The van der Waals surface area contributed by atoms with Crippen molar-refractivity contribution >= 4 is 35.0 Å². The van der Waals surface area contributed by atoms with E-state index >= 15 is 0 Å². The monoisotopic (exact) mass is 429 g/mol. The molecule has 0 aliphatic carbocycles. The second-order valence-corrected chi connectivity index (χ2v) is 8.05. The standard InChI is InChI=1S/C20H20ClN5O2S/c1-3-16-23-24-20-26(16)25-17(12-4-6-13(21)7-5-12)18(29-20)19(27)22-14-8-10-15(28-2)11-9-14/h4-11,17-18,25H,3H2,1-2H3,(H,22,27)/t17-,18+/m1/s1. The first-order valence-corrected chi connectivity index (χ1v) is 10.4. The van der Waals surface area contributed by atoms with Crippen LogP contribution in [0, 0.1) is 0 Å². The molecule has 0 spiro atoms. The molecule has 1 aliphatic heterocycles. The number of aromatic nitrogens is 3. The molecule has 1 aromatic heterocycles. The molecule has 1 amide bonds. The molecule has 0 fully saturated rings. The molecule has 3 aromatic rings. The van der Waals surface area contributed by atoms with Crippen LogP contribution in [0.3, 0.4) is 0 Å². The van der Waals surface area contributed by atoms with E-state index in [9.17, 15) is 4.79 Å². The average molecular weight is 430 g/mol. The molecule has 4 rings (SSSR count). The number of fused-ring (bicyclic) bond motifs is 1. The van der Waals surface area contributed by atoms with Crippen molar-refractivity contribution in [2.45, 2.75) is 29.8 Å². The summed E-state index contributed by atoms with van der Waals surface area (Å²) in [6.07, 6.45) is 0.733. The van der Waals surface area contributed by atoms with Crippen LogP contribution >= 0.6 is 23.4 Å². The Morgan fingerprint density at radius 2 is 1.93 bits per heavy atom. The van der Waals surface area contributed by atoms with E-state index in [-0.39, 0.29) is 11.9 Å². The summed E-state index contributed by atoms with van der Waals surface area (Å²) in [5, 5.41) is 12.3. The summed E-state index contributed by atoms with van der Waals surface area (Å²) in [5.74, 6) is 1.43. The number of hydrogen-bond donors (Lipinski definition) is 2. The number of anilines is 1. The van der Waals surface area contributed by atoms with E-state index in [1.54, 1.807) is 7.11 Å². The molecule has 0 bridgehead atoms. The van der Waals surface area contributed by atoms with Crippen molar-refractivity contribution < 1.29 is 9.53 Å². The lowest BCUT2D eigenvalue weighted by Gasteiger charge is -2.33. The molecule has 1 aliphatic rings. The molecule has 0 saturated carbocycles. The zero-order chi connectivity index (χ0) is 20.4. The van der Waals surface area contributed by atoms with Crippen LogP contribution in [0.5, 0.6) is 5.75 Å². The van der Waals surface area contributed by atoms with Gasteiger partial charge in [0.15, 0.2) is 5.82 Å². The fourth-order valence-electron chi connectivity index (χ4n) is 3.14. The van der Waals surface area contributed by atoms with Crippen molar-refractivity contribution in [3.63, 3.8) is 0 Å². The zero-order valence-electron chi connectivity index (χ0n) is 15.9. The Bertz CT molecular complexity index is 1010. The van der Waals surface area contributed by atoms with E-state index in [1.807, 2.05) is 60.1 Å². The summed E-state index contributed by atoms with van der Waals surface area (Å²) in [4.78, 5) is 13.2. The van der Waals surface area contributed by atoms with Crippen LogP contribution in [-0.2, 0) is 11.2 Å². The van der Waals surface area contributed by atoms with Crippen molar-refractivity contribution in [2.24, 2.45) is 0 Å². The van der Waals surface area contributed by atoms with E-state index in [0.717, 1.165) is 23.6 Å². The van der Waals surface area contributed by atoms with Crippen LogP contribution in [0.1, 0.15) is 24.4 Å². The van der Waals surface area contributed by atoms with Gasteiger partial charge >= 0.3 is 0 Å². The van der Waals surface area contributed by atoms with Gasteiger partial charge in [0, 0.05) is 17.1 Å². The van der Waals surface area contributed by atoms with Crippen molar-refractivity contribution in [1.82, 2.24) is 14.9 Å². The van der Waals surface area contributed by atoms with Gasteiger partial charge in [-0.15, -0.1) is 10.2 Å². The Morgan fingerprint density at radius 3 is 2.59 bits per heavy atom. The Balaban J connectivity index is 1.63. The minimum absolute atomic E-state index is 0.125. The third-order valence-electron chi connectivity index (χ3n) is 4.67. The predicted molar refractivity (Wildman–Crippen MR) is 114 cm³/mol. The van der Waals surface area contributed by atoms with Crippen LogP contribution in [0.15, 0.2) is 53.7 Å². The number of nitrogens with zero attached hydrogens (tertiary/aromatic N) is 3. The lowest BCUT2D eigenvalue weighted by molar-refractivity contribution is -0.116. The molecular formula is C20H20ClN5O2S. The largest absolute Gasteiger partial charge is 0.497 e. The number of carbonyl (C=O) groups excluding carboxylic acids is 1. The minimum Gasteiger partial charge on any atom is -0.497 e. The highest BCUT2D eigenvalue weighted by molar-refractivity contribution is 8.00. The summed E-state index contributed by atoms with van der Waals surface area (Å²) < 4.78 is 7.03. The summed E-state index contributed by atoms with van der Waals surface area (Å²) >= 11 is 7.44. The van der Waals surface area contributed by atoms with Crippen LogP contribution < -0.4 is 15.5 Å². The average Bonchev–Trinajstić information content (AvgIpc) is 3.16. The second-order valence-electron chi connectivity index (χ2n) is 6.50. The normalized spacial score (nSPS) is 17.9. The maximum absolute atomic E-state index is 13.2. The second kappa shape index (κ2) is 8.34. The van der Waals surface area contributed by atoms with Crippen molar-refractivity contribution in [1.29, 1.82) is 0 Å². The Morgan fingerprint density at radius 1 is 1.21 bits per heavy atom. The van der Waals surface area contributed by atoms with Gasteiger partial charge in [0.05, 0.1) is 13.2 Å². The molecule has 9 heteroatoms. The number of thioether (sulfide) groups is 1. The highest BCUT2D eigenvalue weighted by atomic mass is 35.5. The van der Waals surface area contributed by atoms with E-state index < -0.39 is 5.25 Å². The molecular weight excluding hydrogens is 410 g/mol. The number of rotatable bonds is 5. The van der Waals surface area contributed by atoms with E-state index in [0.29, 0.717) is 15.9 Å². The topological polar surface area (TPSA) is 81.1 Å². The number of ether oxygens (including phenoxy) is 1. The lowest BCUT2D eigenvalue weighted by Crippen LogP contribution is -2.41. The zero-order valence-corrected chi connectivity index (χ0v) is 17.5. The fraction of sp³-hybridized carbons (Fsp3) is 0.250. The van der Waals surface area contributed by atoms with Crippen LogP contribution in [0.25, 0.3) is 0 Å². The van der Waals surface area contributed by atoms with Gasteiger partial charge < -0.3 is 15.5 Å². The first-order valence-electron chi connectivity index (χ1n) is 9.17. The van der Waals surface area contributed by atoms with E-state index in [4.69, 9.17) is 16.3 Å². The Labute approximate surface area is 177 Å². The smallest absolute Gasteiger partial charge is 0.240 e. The number of nitrogens with one attached hydrogen (secondary N) is 2. The Kier molecular flexibility index (Phi) is 5.64. The molecule has 2 atom stereocenters. The van der Waals surface area contributed by atoms with Crippen LogP contribution in [0.2, 0.25) is 5.02 Å². The van der Waals surface area contributed by atoms with Crippen molar-refractivity contribution in [2.75, 3.05) is 17.9 Å². The molecule has 2 aromatic carbocycles. The third-order valence-corrected chi connectivity index (χ3v) is 6.13. The molecule has 0 unspecified atom stereocenters. The van der Waals surface area contributed by atoms with Crippen molar-refractivity contribution in [3.8, 4) is 5.75 Å². The highest BCUT2D eigenvalue weighted by Gasteiger charge is 2.37. The number of methoxy groups -OCH3 is 1. The van der Waals surface area contributed by atoms with E-state index in [1.165, 1.54) is 11.8 Å². The van der Waals surface area contributed by atoms with Crippen molar-refractivity contribution in [3.05, 3.63) is 64.9 Å². The lowest BCUT2D eigenvalue weighted by atomic mass is 10.0. The third kappa shape index (κ3) is 4.04. The molecule has 29 heavy (non-hydrogen) atoms. The number of halogens is 1. The quantitative estimate of drug-likeness (QED) is 0.640. The van der Waals surface area contributed by atoms with Crippen LogP contribution in [0.4, 0.5) is 5.69 Å². The first kappa shape index (κ1) is 19.6. The Hall–Kier alpha value is -2.71. The predicted octanol–water partition coefficient (Wildman–Crippen LogP) is 3.90. The summed E-state index contributed by atoms with van der Waals surface area (Å²) in [6.45, 7) is 2.02. The van der Waals surface area contributed by atoms with Gasteiger partial charge in [0.1, 0.15) is 11.0 Å². The van der Waals surface area contributed by atoms with E-state index in [2.05, 4.69) is 20.9 Å². The molecule has 2 heterocycles. The maximum atomic E-state index is 13.2. The molecule has 0 radical (unpaired) electrons. The number of aryl methyl sites for hydroxylation is 1. The maximum Gasteiger partial charge on any atom is 0.240 e. The summed E-state index contributed by atoms with van der Waals surface area (Å²) in [7, 11) is 1.61. The molecule has 0 saturated heterocycles. The number of amides is 1. The van der Waals surface area contributed by atoms with Gasteiger partial charge in [0.25, 0.3) is 0 Å². The van der Waals surface area contributed by atoms with Gasteiger partial charge in [-0.1, -0.05) is 42.4 Å². The van der Waals surface area contributed by atoms with Crippen LogP contribution in [-0.4, -0.2) is 33.1 Å². The number of carbonyl (C=O) groups is 1. The summed E-state index contributed by atoms with van der Waals surface area (Å²) in [6, 6.07) is 14.5. The summed E-state index contributed by atoms with van der Waals surface area (Å²) in [5.41, 5.74) is 5.07. The molecule has 2 N–H and O–H groups in total. The fourth-order valence-corrected chi connectivity index (χ4v) is 4.36. The highest BCUT2D eigenvalue weighted by Crippen LogP contribution is 2.38. The first-order chi connectivity index (χ1) is 14.1. The van der Waals surface area contributed by atoms with Gasteiger partial charge in [-0.05, 0) is 42.0 Å². The number of benzene rings is 2. The number of hydrogen-bond acceptors (Lipinski definition) is 6. The minimum atomic E-state index is -0.445. The van der Waals surface area contributed by atoms with Gasteiger partial charge in [0.2, 0.25) is 11.1 Å². The van der Waals surface area contributed by atoms with Gasteiger partial charge in [-0.25, -0.2) is 4.68 Å². The van der Waals surface area contributed by atoms with Gasteiger partial charge in [-0.3, -0.25) is 4.79 Å². The SMILES string of the molecule is CCc1nnc2n1N[C@H](c1ccc(Cl)cc1)[C@@H](C(=O)Nc1ccc(OC)cc1)S2. The van der Waals surface area contributed by atoms with Gasteiger partial charge in [-0.2, -0.15) is 0 Å². The molecule has 150 valence electrons.